The molecule has 6 nitrogen and oxygen atoms in total. The van der Waals surface area contributed by atoms with Crippen molar-refractivity contribution in [1.82, 2.24) is 20.4 Å². The van der Waals surface area contributed by atoms with Crippen LogP contribution >= 0.6 is 0 Å². The summed E-state index contributed by atoms with van der Waals surface area (Å²) < 4.78 is 5.48. The molecule has 122 valence electrons. The van der Waals surface area contributed by atoms with Crippen molar-refractivity contribution in [3.63, 3.8) is 0 Å². The van der Waals surface area contributed by atoms with E-state index in [1.165, 1.54) is 19.3 Å². The van der Waals surface area contributed by atoms with E-state index in [-0.39, 0.29) is 0 Å². The van der Waals surface area contributed by atoms with Gasteiger partial charge < -0.3 is 14.7 Å². The standard InChI is InChI=1S/C17H23N5O/c1-12-9-15(23-21-12)14-11-19-17(22-7-2-3-8-22)20-16(14)13-5-4-6-18-10-13/h9,11,13,18H,2-8,10H2,1H3/t13-/m1/s1. The predicted molar refractivity (Wildman–Crippen MR) is 88.6 cm³/mol. The summed E-state index contributed by atoms with van der Waals surface area (Å²) in [7, 11) is 0. The molecule has 0 saturated carbocycles. The molecule has 6 heteroatoms. The molecule has 1 N–H and O–H groups in total. The van der Waals surface area contributed by atoms with Crippen LogP contribution in [-0.4, -0.2) is 41.3 Å². The van der Waals surface area contributed by atoms with Crippen LogP contribution in [0.3, 0.4) is 0 Å². The van der Waals surface area contributed by atoms with E-state index in [2.05, 4.69) is 20.4 Å². The van der Waals surface area contributed by atoms with E-state index in [0.717, 1.165) is 61.3 Å². The number of nitrogens with zero attached hydrogens (tertiary/aromatic N) is 4. The molecule has 2 aromatic heterocycles. The van der Waals surface area contributed by atoms with Gasteiger partial charge in [-0.1, -0.05) is 5.16 Å². The van der Waals surface area contributed by atoms with E-state index in [4.69, 9.17) is 9.51 Å². The van der Waals surface area contributed by atoms with Crippen LogP contribution in [0.1, 0.15) is 43.0 Å². The van der Waals surface area contributed by atoms with Crippen LogP contribution in [0, 0.1) is 6.92 Å². The Kier molecular flexibility index (Phi) is 3.99. The minimum atomic E-state index is 0.411. The van der Waals surface area contributed by atoms with E-state index in [1.807, 2.05) is 19.2 Å². The number of anilines is 1. The van der Waals surface area contributed by atoms with Crippen molar-refractivity contribution in [1.29, 1.82) is 0 Å². The monoisotopic (exact) mass is 313 g/mol. The van der Waals surface area contributed by atoms with Crippen molar-refractivity contribution in [2.75, 3.05) is 31.1 Å². The van der Waals surface area contributed by atoms with Crippen molar-refractivity contribution < 1.29 is 4.52 Å². The summed E-state index contributed by atoms with van der Waals surface area (Å²) in [6.07, 6.45) is 6.72. The smallest absolute Gasteiger partial charge is 0.225 e. The number of aromatic nitrogens is 3. The molecule has 2 fully saturated rings. The highest BCUT2D eigenvalue weighted by atomic mass is 16.5. The van der Waals surface area contributed by atoms with Gasteiger partial charge in [0.05, 0.1) is 17.0 Å². The first kappa shape index (κ1) is 14.6. The highest BCUT2D eigenvalue weighted by Crippen LogP contribution is 2.33. The van der Waals surface area contributed by atoms with Gasteiger partial charge in [-0.15, -0.1) is 0 Å². The SMILES string of the molecule is Cc1cc(-c2cnc(N3CCCC3)nc2[C@@H]2CCCNC2)on1. The number of hydrogen-bond acceptors (Lipinski definition) is 6. The van der Waals surface area contributed by atoms with Gasteiger partial charge >= 0.3 is 0 Å². The maximum Gasteiger partial charge on any atom is 0.225 e. The fourth-order valence-electron chi connectivity index (χ4n) is 3.53. The van der Waals surface area contributed by atoms with Crippen molar-refractivity contribution in [2.24, 2.45) is 0 Å². The summed E-state index contributed by atoms with van der Waals surface area (Å²) in [4.78, 5) is 11.8. The Morgan fingerprint density at radius 1 is 1.26 bits per heavy atom. The number of hydrogen-bond donors (Lipinski definition) is 1. The Morgan fingerprint density at radius 3 is 2.83 bits per heavy atom. The van der Waals surface area contributed by atoms with E-state index < -0.39 is 0 Å². The quantitative estimate of drug-likeness (QED) is 0.939. The largest absolute Gasteiger partial charge is 0.356 e. The molecule has 0 aromatic carbocycles. The van der Waals surface area contributed by atoms with Crippen LogP contribution in [-0.2, 0) is 0 Å². The average molecular weight is 313 g/mol. The molecule has 2 saturated heterocycles. The molecule has 0 spiro atoms. The summed E-state index contributed by atoms with van der Waals surface area (Å²) >= 11 is 0. The van der Waals surface area contributed by atoms with Gasteiger partial charge in [-0.2, -0.15) is 0 Å². The summed E-state index contributed by atoms with van der Waals surface area (Å²) in [5.74, 6) is 2.05. The molecule has 0 radical (unpaired) electrons. The first-order valence-corrected chi connectivity index (χ1v) is 8.57. The van der Waals surface area contributed by atoms with Gasteiger partial charge in [-0.3, -0.25) is 0 Å². The van der Waals surface area contributed by atoms with Crippen LogP contribution in [0.5, 0.6) is 0 Å². The van der Waals surface area contributed by atoms with E-state index in [1.54, 1.807) is 0 Å². The summed E-state index contributed by atoms with van der Waals surface area (Å²) in [5, 5.41) is 7.51. The lowest BCUT2D eigenvalue weighted by Gasteiger charge is -2.25. The predicted octanol–water partition coefficient (Wildman–Crippen LogP) is 2.51. The van der Waals surface area contributed by atoms with Gasteiger partial charge in [0.1, 0.15) is 0 Å². The summed E-state index contributed by atoms with van der Waals surface area (Å²) in [5.41, 5.74) is 2.98. The maximum absolute atomic E-state index is 5.48. The molecule has 2 aliphatic rings. The molecule has 4 rings (SSSR count). The Bertz CT molecular complexity index is 671. The Labute approximate surface area is 136 Å². The molecule has 4 heterocycles. The maximum atomic E-state index is 5.48. The molecular formula is C17H23N5O. The van der Waals surface area contributed by atoms with Gasteiger partial charge in [-0.25, -0.2) is 9.97 Å². The zero-order valence-electron chi connectivity index (χ0n) is 13.6. The average Bonchev–Trinajstić information content (AvgIpc) is 3.27. The van der Waals surface area contributed by atoms with Crippen LogP contribution in [0.4, 0.5) is 5.95 Å². The van der Waals surface area contributed by atoms with E-state index in [0.29, 0.717) is 5.92 Å². The zero-order chi connectivity index (χ0) is 15.6. The Morgan fingerprint density at radius 2 is 2.13 bits per heavy atom. The van der Waals surface area contributed by atoms with E-state index in [9.17, 15) is 0 Å². The Balaban J connectivity index is 1.74. The lowest BCUT2D eigenvalue weighted by Crippen LogP contribution is -2.30. The summed E-state index contributed by atoms with van der Waals surface area (Å²) in [6.45, 7) is 6.12. The minimum absolute atomic E-state index is 0.411. The number of nitrogens with one attached hydrogen (secondary N) is 1. The third kappa shape index (κ3) is 2.95. The van der Waals surface area contributed by atoms with Crippen molar-refractivity contribution in [3.8, 4) is 11.3 Å². The topological polar surface area (TPSA) is 67.1 Å². The fraction of sp³-hybridized carbons (Fsp3) is 0.588. The third-order valence-corrected chi connectivity index (χ3v) is 4.77. The molecule has 1 atom stereocenters. The lowest BCUT2D eigenvalue weighted by molar-refractivity contribution is 0.423. The zero-order valence-corrected chi connectivity index (χ0v) is 13.6. The first-order chi connectivity index (χ1) is 11.3. The molecule has 2 aromatic rings. The Hall–Kier alpha value is -1.95. The molecule has 0 amide bonds. The second kappa shape index (κ2) is 6.28. The van der Waals surface area contributed by atoms with Crippen molar-refractivity contribution >= 4 is 5.95 Å². The number of piperidine rings is 1. The molecule has 2 aliphatic heterocycles. The second-order valence-electron chi connectivity index (χ2n) is 6.54. The summed E-state index contributed by atoms with van der Waals surface area (Å²) in [6, 6.07) is 1.97. The van der Waals surface area contributed by atoms with Crippen LogP contribution < -0.4 is 10.2 Å². The highest BCUT2D eigenvalue weighted by molar-refractivity contribution is 5.61. The van der Waals surface area contributed by atoms with Crippen LogP contribution in [0.2, 0.25) is 0 Å². The van der Waals surface area contributed by atoms with Gasteiger partial charge in [0.25, 0.3) is 0 Å². The molecule has 0 bridgehead atoms. The van der Waals surface area contributed by atoms with Crippen molar-refractivity contribution in [2.45, 2.75) is 38.5 Å². The normalized spacial score (nSPS) is 21.8. The van der Waals surface area contributed by atoms with Gasteiger partial charge in [-0.05, 0) is 39.2 Å². The third-order valence-electron chi connectivity index (χ3n) is 4.77. The van der Waals surface area contributed by atoms with Gasteiger partial charge in [0, 0.05) is 37.8 Å². The highest BCUT2D eigenvalue weighted by Gasteiger charge is 2.25. The van der Waals surface area contributed by atoms with Gasteiger partial charge in [0.15, 0.2) is 5.76 Å². The number of rotatable bonds is 3. The lowest BCUT2D eigenvalue weighted by atomic mass is 9.92. The molecular weight excluding hydrogens is 290 g/mol. The molecule has 23 heavy (non-hydrogen) atoms. The molecule has 0 unspecified atom stereocenters. The van der Waals surface area contributed by atoms with Crippen molar-refractivity contribution in [3.05, 3.63) is 23.7 Å². The second-order valence-corrected chi connectivity index (χ2v) is 6.54. The molecule has 0 aliphatic carbocycles. The minimum Gasteiger partial charge on any atom is -0.356 e. The van der Waals surface area contributed by atoms with Crippen LogP contribution in [0.15, 0.2) is 16.8 Å². The number of aryl methyl sites for hydroxylation is 1. The van der Waals surface area contributed by atoms with Crippen LogP contribution in [0.25, 0.3) is 11.3 Å². The fourth-order valence-corrected chi connectivity index (χ4v) is 3.53. The van der Waals surface area contributed by atoms with Gasteiger partial charge in [0.2, 0.25) is 5.95 Å². The van der Waals surface area contributed by atoms with E-state index >= 15 is 0 Å². The first-order valence-electron chi connectivity index (χ1n) is 8.57.